The number of carbonyl (C=O) groups excluding carboxylic acids is 1. The molecule has 0 atom stereocenters. The molecule has 0 aromatic carbocycles. The number of ether oxygens (including phenoxy) is 1. The Bertz CT molecular complexity index is 273. The molecule has 3 nitrogen and oxygen atoms in total. The summed E-state index contributed by atoms with van der Waals surface area (Å²) in [7, 11) is 0. The quantitative estimate of drug-likeness (QED) is 0.847. The summed E-state index contributed by atoms with van der Waals surface area (Å²) in [6.45, 7) is 17.1. The molecule has 1 aliphatic heterocycles. The minimum absolute atomic E-state index is 0.180. The lowest BCUT2D eigenvalue weighted by Crippen LogP contribution is -2.42. The molecule has 0 aromatic rings. The fourth-order valence-corrected chi connectivity index (χ4v) is 2.83. The highest BCUT2D eigenvalue weighted by atomic mass is 16.5. The maximum Gasteiger partial charge on any atom is 0.225 e. The average Bonchev–Trinajstić information content (AvgIpc) is 2.36. The summed E-state index contributed by atoms with van der Waals surface area (Å²) in [5.41, 5.74) is -0.108. The monoisotopic (exact) mass is 285 g/mol. The summed E-state index contributed by atoms with van der Waals surface area (Å²) in [4.78, 5) is 12.2. The van der Waals surface area contributed by atoms with Crippen LogP contribution in [0.5, 0.6) is 0 Å². The Morgan fingerprint density at radius 1 is 1.10 bits per heavy atom. The Labute approximate surface area is 125 Å². The normalized spacial score (nSPS) is 17.1. The number of hydrogen-bond donors (Lipinski definition) is 1. The summed E-state index contributed by atoms with van der Waals surface area (Å²) < 4.78 is 5.33. The van der Waals surface area contributed by atoms with Crippen LogP contribution >= 0.6 is 0 Å². The highest BCUT2D eigenvalue weighted by Gasteiger charge is 2.32. The van der Waals surface area contributed by atoms with Gasteiger partial charge in [0.2, 0.25) is 5.91 Å². The lowest BCUT2D eigenvalue weighted by Gasteiger charge is -2.32. The van der Waals surface area contributed by atoms with Crippen LogP contribution < -0.4 is 5.32 Å². The zero-order valence-electron chi connectivity index (χ0n) is 14.6. The number of carbonyl (C=O) groups is 1. The van der Waals surface area contributed by atoms with Crippen molar-refractivity contribution in [3.05, 3.63) is 0 Å². The Kier molecular flexibility index (Phi) is 8.41. The molecule has 0 radical (unpaired) electrons. The molecule has 0 bridgehead atoms. The third kappa shape index (κ3) is 7.88. The van der Waals surface area contributed by atoms with Crippen LogP contribution in [-0.2, 0) is 9.53 Å². The maximum absolute atomic E-state index is 12.2. The largest absolute Gasteiger partial charge is 0.381 e. The molecule has 0 aliphatic carbocycles. The van der Waals surface area contributed by atoms with Crippen molar-refractivity contribution in [2.75, 3.05) is 19.8 Å². The SMILES string of the molecule is CC.CC(C)(C)CC(C)(C)C(=O)NCC1CCOCC1. The first-order valence-electron chi connectivity index (χ1n) is 8.07. The van der Waals surface area contributed by atoms with Crippen molar-refractivity contribution < 1.29 is 9.53 Å². The number of amides is 1. The molecule has 120 valence electrons. The van der Waals surface area contributed by atoms with Gasteiger partial charge in [0.1, 0.15) is 0 Å². The molecule has 3 heteroatoms. The molecule has 0 spiro atoms. The van der Waals surface area contributed by atoms with Gasteiger partial charge in [-0.15, -0.1) is 0 Å². The Balaban J connectivity index is 0.00000172. The van der Waals surface area contributed by atoms with Gasteiger partial charge >= 0.3 is 0 Å². The zero-order valence-corrected chi connectivity index (χ0v) is 14.6. The first kappa shape index (κ1) is 19.4. The first-order valence-corrected chi connectivity index (χ1v) is 8.07. The fourth-order valence-electron chi connectivity index (χ4n) is 2.83. The second kappa shape index (κ2) is 8.66. The highest BCUT2D eigenvalue weighted by Crippen LogP contribution is 2.33. The molecule has 20 heavy (non-hydrogen) atoms. The predicted octanol–water partition coefficient (Wildman–Crippen LogP) is 4.02. The van der Waals surface area contributed by atoms with Gasteiger partial charge in [-0.05, 0) is 30.6 Å². The lowest BCUT2D eigenvalue weighted by atomic mass is 9.75. The fraction of sp³-hybridized carbons (Fsp3) is 0.941. The van der Waals surface area contributed by atoms with Gasteiger partial charge in [0.25, 0.3) is 0 Å². The minimum Gasteiger partial charge on any atom is -0.381 e. The second-order valence-corrected chi connectivity index (χ2v) is 7.39. The zero-order chi connectivity index (χ0) is 15.8. The summed E-state index contributed by atoms with van der Waals surface area (Å²) in [5.74, 6) is 0.775. The predicted molar refractivity (Wildman–Crippen MR) is 85.8 cm³/mol. The maximum atomic E-state index is 12.2. The van der Waals surface area contributed by atoms with Crippen LogP contribution in [0.1, 0.15) is 67.7 Å². The van der Waals surface area contributed by atoms with Crippen LogP contribution in [0.2, 0.25) is 0 Å². The van der Waals surface area contributed by atoms with Gasteiger partial charge in [0.05, 0.1) is 0 Å². The lowest BCUT2D eigenvalue weighted by molar-refractivity contribution is -0.131. The van der Waals surface area contributed by atoms with E-state index in [1.165, 1.54) is 0 Å². The molecule has 0 unspecified atom stereocenters. The van der Waals surface area contributed by atoms with Crippen LogP contribution in [0.4, 0.5) is 0 Å². The Morgan fingerprint density at radius 3 is 2.05 bits per heavy atom. The molecule has 0 aromatic heterocycles. The molecular weight excluding hydrogens is 250 g/mol. The molecular formula is C17H35NO2. The van der Waals surface area contributed by atoms with Crippen LogP contribution in [0.3, 0.4) is 0 Å². The van der Waals surface area contributed by atoms with E-state index in [1.807, 2.05) is 27.7 Å². The molecule has 1 rings (SSSR count). The van der Waals surface area contributed by atoms with Crippen molar-refractivity contribution in [2.45, 2.75) is 67.7 Å². The molecule has 1 amide bonds. The second-order valence-electron chi connectivity index (χ2n) is 7.39. The summed E-state index contributed by atoms with van der Waals surface area (Å²) in [6.07, 6.45) is 3.04. The van der Waals surface area contributed by atoms with Crippen molar-refractivity contribution in [2.24, 2.45) is 16.7 Å². The highest BCUT2D eigenvalue weighted by molar-refractivity contribution is 5.81. The first-order chi connectivity index (χ1) is 9.21. The molecule has 1 fully saturated rings. The van der Waals surface area contributed by atoms with E-state index in [4.69, 9.17) is 4.74 Å². The van der Waals surface area contributed by atoms with E-state index >= 15 is 0 Å². The van der Waals surface area contributed by atoms with E-state index in [2.05, 4.69) is 26.1 Å². The van der Waals surface area contributed by atoms with Gasteiger partial charge in [-0.2, -0.15) is 0 Å². The van der Waals surface area contributed by atoms with Crippen molar-refractivity contribution >= 4 is 5.91 Å². The van der Waals surface area contributed by atoms with Gasteiger partial charge in [0.15, 0.2) is 0 Å². The smallest absolute Gasteiger partial charge is 0.225 e. The van der Waals surface area contributed by atoms with E-state index in [0.717, 1.165) is 39.0 Å². The van der Waals surface area contributed by atoms with E-state index in [9.17, 15) is 4.79 Å². The topological polar surface area (TPSA) is 38.3 Å². The molecule has 0 saturated carbocycles. The van der Waals surface area contributed by atoms with Crippen molar-refractivity contribution in [1.29, 1.82) is 0 Å². The standard InChI is InChI=1S/C15H29NO2.C2H6/c1-14(2,3)11-15(4,5)13(17)16-10-12-6-8-18-9-7-12;1-2/h12H,6-11H2,1-5H3,(H,16,17);1-2H3. The van der Waals surface area contributed by atoms with Crippen molar-refractivity contribution in [3.63, 3.8) is 0 Å². The van der Waals surface area contributed by atoms with E-state index in [0.29, 0.717) is 5.92 Å². The Morgan fingerprint density at radius 2 is 1.60 bits per heavy atom. The average molecular weight is 285 g/mol. The van der Waals surface area contributed by atoms with Crippen LogP contribution in [-0.4, -0.2) is 25.7 Å². The molecule has 1 saturated heterocycles. The number of nitrogens with one attached hydrogen (secondary N) is 1. The minimum atomic E-state index is -0.288. The number of rotatable bonds is 4. The van der Waals surface area contributed by atoms with E-state index in [-0.39, 0.29) is 16.7 Å². The van der Waals surface area contributed by atoms with Crippen LogP contribution in [0.15, 0.2) is 0 Å². The van der Waals surface area contributed by atoms with Crippen molar-refractivity contribution in [3.8, 4) is 0 Å². The van der Waals surface area contributed by atoms with E-state index in [1.54, 1.807) is 0 Å². The van der Waals surface area contributed by atoms with Gasteiger partial charge in [-0.25, -0.2) is 0 Å². The molecule has 1 heterocycles. The molecule has 1 aliphatic rings. The Hall–Kier alpha value is -0.570. The third-order valence-electron chi connectivity index (χ3n) is 3.48. The van der Waals surface area contributed by atoms with Crippen LogP contribution in [0, 0.1) is 16.7 Å². The van der Waals surface area contributed by atoms with E-state index < -0.39 is 0 Å². The van der Waals surface area contributed by atoms with Gasteiger partial charge in [0, 0.05) is 25.2 Å². The number of hydrogen-bond acceptors (Lipinski definition) is 2. The van der Waals surface area contributed by atoms with Gasteiger partial charge in [-0.3, -0.25) is 4.79 Å². The van der Waals surface area contributed by atoms with Crippen LogP contribution in [0.25, 0.3) is 0 Å². The van der Waals surface area contributed by atoms with Gasteiger partial charge < -0.3 is 10.1 Å². The summed E-state index contributed by atoms with van der Waals surface area (Å²) >= 11 is 0. The van der Waals surface area contributed by atoms with Crippen molar-refractivity contribution in [1.82, 2.24) is 5.32 Å². The third-order valence-corrected chi connectivity index (χ3v) is 3.48. The van der Waals surface area contributed by atoms with Gasteiger partial charge in [-0.1, -0.05) is 48.5 Å². The summed E-state index contributed by atoms with van der Waals surface area (Å²) in [6, 6.07) is 0. The molecule has 1 N–H and O–H groups in total. The summed E-state index contributed by atoms with van der Waals surface area (Å²) in [5, 5.41) is 3.12.